The number of amides is 1. The summed E-state index contributed by atoms with van der Waals surface area (Å²) in [6.07, 6.45) is 4.97. The Hall–Kier alpha value is -2.67. The monoisotopic (exact) mass is 387 g/mol. The van der Waals surface area contributed by atoms with E-state index in [0.717, 1.165) is 42.5 Å². The summed E-state index contributed by atoms with van der Waals surface area (Å²) >= 11 is 1.45. The van der Waals surface area contributed by atoms with E-state index in [0.29, 0.717) is 21.7 Å². The summed E-state index contributed by atoms with van der Waals surface area (Å²) in [5, 5.41) is 3.37. The van der Waals surface area contributed by atoms with Gasteiger partial charge in [0.05, 0.1) is 25.3 Å². The minimum atomic E-state index is -0.461. The third kappa shape index (κ3) is 4.03. The SMILES string of the molecule is COC(=O)c1ccc(C(=O)Nc2sc3c(c2C(=O)OC)CCCCC3)cc1. The van der Waals surface area contributed by atoms with Crippen LogP contribution in [0.15, 0.2) is 24.3 Å². The molecule has 1 aromatic heterocycles. The van der Waals surface area contributed by atoms with E-state index in [9.17, 15) is 14.4 Å². The Labute approximate surface area is 161 Å². The summed E-state index contributed by atoms with van der Waals surface area (Å²) in [5.74, 6) is -1.23. The molecule has 7 heteroatoms. The van der Waals surface area contributed by atoms with Crippen molar-refractivity contribution >= 4 is 34.2 Å². The predicted octanol–water partition coefficient (Wildman–Crippen LogP) is 3.84. The summed E-state index contributed by atoms with van der Waals surface area (Å²) in [7, 11) is 2.65. The largest absolute Gasteiger partial charge is 0.465 e. The van der Waals surface area contributed by atoms with E-state index >= 15 is 0 Å². The van der Waals surface area contributed by atoms with E-state index in [2.05, 4.69) is 10.1 Å². The van der Waals surface area contributed by atoms with Crippen molar-refractivity contribution in [2.24, 2.45) is 0 Å². The first-order valence-corrected chi connectivity index (χ1v) is 9.59. The highest BCUT2D eigenvalue weighted by atomic mass is 32.1. The Kier molecular flexibility index (Phi) is 5.91. The van der Waals surface area contributed by atoms with Gasteiger partial charge in [-0.2, -0.15) is 0 Å². The summed E-state index contributed by atoms with van der Waals surface area (Å²) < 4.78 is 9.60. The zero-order chi connectivity index (χ0) is 19.4. The first-order valence-electron chi connectivity index (χ1n) is 8.77. The predicted molar refractivity (Wildman–Crippen MR) is 103 cm³/mol. The highest BCUT2D eigenvalue weighted by Crippen LogP contribution is 2.38. The Bertz CT molecular complexity index is 869. The second kappa shape index (κ2) is 8.35. The van der Waals surface area contributed by atoms with Crippen LogP contribution >= 0.6 is 11.3 Å². The van der Waals surface area contributed by atoms with E-state index in [1.54, 1.807) is 12.1 Å². The number of esters is 2. The van der Waals surface area contributed by atoms with Gasteiger partial charge in [-0.05, 0) is 55.5 Å². The lowest BCUT2D eigenvalue weighted by Crippen LogP contribution is -2.15. The van der Waals surface area contributed by atoms with Crippen LogP contribution in [0.1, 0.15) is 60.8 Å². The number of nitrogens with one attached hydrogen (secondary N) is 1. The van der Waals surface area contributed by atoms with Gasteiger partial charge in [-0.25, -0.2) is 9.59 Å². The number of carbonyl (C=O) groups excluding carboxylic acids is 3. The molecule has 0 bridgehead atoms. The standard InChI is InChI=1S/C20H21NO5S/c1-25-19(23)13-10-8-12(9-11-13)17(22)21-18-16(20(24)26-2)14-6-4-3-5-7-15(14)27-18/h8-11H,3-7H2,1-2H3,(H,21,22). The zero-order valence-electron chi connectivity index (χ0n) is 15.3. The number of fused-ring (bicyclic) bond motifs is 1. The van der Waals surface area contributed by atoms with E-state index < -0.39 is 11.9 Å². The normalized spacial score (nSPS) is 13.3. The lowest BCUT2D eigenvalue weighted by atomic mass is 10.1. The van der Waals surface area contributed by atoms with E-state index in [-0.39, 0.29) is 5.91 Å². The van der Waals surface area contributed by atoms with Crippen molar-refractivity contribution in [1.29, 1.82) is 0 Å². The molecule has 0 saturated heterocycles. The molecule has 0 fully saturated rings. The van der Waals surface area contributed by atoms with Crippen molar-refractivity contribution in [2.75, 3.05) is 19.5 Å². The van der Waals surface area contributed by atoms with Crippen molar-refractivity contribution in [3.8, 4) is 0 Å². The Morgan fingerprint density at radius 3 is 2.19 bits per heavy atom. The minimum absolute atomic E-state index is 0.340. The molecule has 0 unspecified atom stereocenters. The second-order valence-electron chi connectivity index (χ2n) is 6.28. The van der Waals surface area contributed by atoms with Gasteiger partial charge in [-0.3, -0.25) is 4.79 Å². The molecule has 1 aliphatic carbocycles. The molecule has 1 heterocycles. The van der Waals surface area contributed by atoms with Crippen LogP contribution in [-0.2, 0) is 22.3 Å². The number of hydrogen-bond donors (Lipinski definition) is 1. The number of carbonyl (C=O) groups is 3. The van der Waals surface area contributed by atoms with Gasteiger partial charge in [-0.15, -0.1) is 11.3 Å². The van der Waals surface area contributed by atoms with Gasteiger partial charge in [0.15, 0.2) is 0 Å². The number of aryl methyl sites for hydroxylation is 1. The second-order valence-corrected chi connectivity index (χ2v) is 7.39. The highest BCUT2D eigenvalue weighted by molar-refractivity contribution is 7.17. The number of hydrogen-bond acceptors (Lipinski definition) is 6. The molecule has 1 aliphatic rings. The number of thiophene rings is 1. The first kappa shape index (κ1) is 19.1. The molecule has 0 radical (unpaired) electrons. The van der Waals surface area contributed by atoms with Crippen molar-refractivity contribution < 1.29 is 23.9 Å². The lowest BCUT2D eigenvalue weighted by molar-refractivity contribution is 0.0591. The Morgan fingerprint density at radius 2 is 1.52 bits per heavy atom. The minimum Gasteiger partial charge on any atom is -0.465 e. The van der Waals surface area contributed by atoms with Crippen LogP contribution in [0, 0.1) is 0 Å². The van der Waals surface area contributed by atoms with Gasteiger partial charge in [0, 0.05) is 10.4 Å². The van der Waals surface area contributed by atoms with Crippen molar-refractivity contribution in [2.45, 2.75) is 32.1 Å². The lowest BCUT2D eigenvalue weighted by Gasteiger charge is -2.08. The zero-order valence-corrected chi connectivity index (χ0v) is 16.1. The number of methoxy groups -OCH3 is 2. The highest BCUT2D eigenvalue weighted by Gasteiger charge is 2.26. The molecule has 2 aromatic rings. The molecule has 3 rings (SSSR count). The molecule has 142 valence electrons. The van der Waals surface area contributed by atoms with Gasteiger partial charge < -0.3 is 14.8 Å². The molecule has 0 aliphatic heterocycles. The van der Waals surface area contributed by atoms with Crippen LogP contribution in [0.5, 0.6) is 0 Å². The summed E-state index contributed by atoms with van der Waals surface area (Å²) in [5.41, 5.74) is 2.23. The molecule has 6 nitrogen and oxygen atoms in total. The number of benzene rings is 1. The molecule has 0 spiro atoms. The van der Waals surface area contributed by atoms with Gasteiger partial charge in [0.2, 0.25) is 0 Å². The average molecular weight is 387 g/mol. The Balaban J connectivity index is 1.87. The molecule has 1 amide bonds. The maximum atomic E-state index is 12.6. The molecular weight excluding hydrogens is 366 g/mol. The number of ether oxygens (including phenoxy) is 2. The fourth-order valence-electron chi connectivity index (χ4n) is 3.20. The van der Waals surface area contributed by atoms with E-state index in [1.165, 1.54) is 37.7 Å². The maximum Gasteiger partial charge on any atom is 0.341 e. The van der Waals surface area contributed by atoms with Gasteiger partial charge >= 0.3 is 11.9 Å². The van der Waals surface area contributed by atoms with Crippen LogP contribution in [0.2, 0.25) is 0 Å². The average Bonchev–Trinajstić information content (AvgIpc) is 2.87. The number of rotatable bonds is 4. The van der Waals surface area contributed by atoms with Gasteiger partial charge in [-0.1, -0.05) is 6.42 Å². The van der Waals surface area contributed by atoms with Crippen LogP contribution < -0.4 is 5.32 Å². The molecule has 27 heavy (non-hydrogen) atoms. The van der Waals surface area contributed by atoms with Crippen molar-refractivity contribution in [3.63, 3.8) is 0 Å². The molecule has 1 N–H and O–H groups in total. The topological polar surface area (TPSA) is 81.7 Å². The summed E-state index contributed by atoms with van der Waals surface area (Å²) in [4.78, 5) is 37.6. The fourth-order valence-corrected chi connectivity index (χ4v) is 4.47. The fraction of sp³-hybridized carbons (Fsp3) is 0.350. The first-order chi connectivity index (χ1) is 13.0. The quantitative estimate of drug-likeness (QED) is 0.637. The summed E-state index contributed by atoms with van der Waals surface area (Å²) in [6.45, 7) is 0. The molecule has 0 atom stereocenters. The summed E-state index contributed by atoms with van der Waals surface area (Å²) in [6, 6.07) is 6.17. The van der Waals surface area contributed by atoms with E-state index in [4.69, 9.17) is 4.74 Å². The maximum absolute atomic E-state index is 12.6. The third-order valence-electron chi connectivity index (χ3n) is 4.61. The van der Waals surface area contributed by atoms with Crippen molar-refractivity contribution in [3.05, 3.63) is 51.4 Å². The molecular formula is C20H21NO5S. The van der Waals surface area contributed by atoms with Crippen molar-refractivity contribution in [1.82, 2.24) is 0 Å². The van der Waals surface area contributed by atoms with Crippen LogP contribution in [-0.4, -0.2) is 32.1 Å². The number of anilines is 1. The third-order valence-corrected chi connectivity index (χ3v) is 5.81. The van der Waals surface area contributed by atoms with Crippen LogP contribution in [0.4, 0.5) is 5.00 Å². The van der Waals surface area contributed by atoms with Crippen LogP contribution in [0.25, 0.3) is 0 Å². The molecule has 1 aromatic carbocycles. The smallest absolute Gasteiger partial charge is 0.341 e. The van der Waals surface area contributed by atoms with Crippen LogP contribution in [0.3, 0.4) is 0 Å². The molecule has 0 saturated carbocycles. The van der Waals surface area contributed by atoms with Gasteiger partial charge in [0.1, 0.15) is 5.00 Å². The Morgan fingerprint density at radius 1 is 0.889 bits per heavy atom. The van der Waals surface area contributed by atoms with E-state index in [1.807, 2.05) is 0 Å². The van der Waals surface area contributed by atoms with Gasteiger partial charge in [0.25, 0.3) is 5.91 Å².